The Morgan fingerprint density at radius 3 is 2.77 bits per heavy atom. The van der Waals surface area contributed by atoms with Gasteiger partial charge in [0.05, 0.1) is 12.0 Å². The first-order chi connectivity index (χ1) is 10.5. The van der Waals surface area contributed by atoms with E-state index in [9.17, 15) is 14.0 Å². The topological polar surface area (TPSA) is 79.3 Å². The molecule has 0 radical (unpaired) electrons. The van der Waals surface area contributed by atoms with Crippen molar-refractivity contribution in [3.8, 4) is 0 Å². The van der Waals surface area contributed by atoms with Gasteiger partial charge in [-0.05, 0) is 23.8 Å². The molecule has 0 unspecified atom stereocenters. The summed E-state index contributed by atoms with van der Waals surface area (Å²) in [5, 5.41) is 11.5. The second-order valence-electron chi connectivity index (χ2n) is 4.54. The molecule has 0 fully saturated rings. The van der Waals surface area contributed by atoms with Crippen molar-refractivity contribution in [2.24, 2.45) is 0 Å². The van der Waals surface area contributed by atoms with E-state index in [0.717, 1.165) is 0 Å². The van der Waals surface area contributed by atoms with Crippen LogP contribution in [0.15, 0.2) is 41.1 Å². The molecule has 0 atom stereocenters. The molecular formula is C15H12BrFN2O3. The molecule has 0 bridgehead atoms. The Morgan fingerprint density at radius 1 is 1.32 bits per heavy atom. The highest BCUT2D eigenvalue weighted by molar-refractivity contribution is 9.10. The van der Waals surface area contributed by atoms with E-state index in [4.69, 9.17) is 5.11 Å². The second-order valence-corrected chi connectivity index (χ2v) is 5.40. The van der Waals surface area contributed by atoms with Gasteiger partial charge in [-0.3, -0.25) is 9.78 Å². The maximum atomic E-state index is 13.6. The minimum absolute atomic E-state index is 0.0450. The van der Waals surface area contributed by atoms with Crippen molar-refractivity contribution in [1.82, 2.24) is 10.3 Å². The lowest BCUT2D eigenvalue weighted by Crippen LogP contribution is -2.25. The van der Waals surface area contributed by atoms with Crippen molar-refractivity contribution in [3.05, 3.63) is 63.6 Å². The Hall–Kier alpha value is -2.28. The Morgan fingerprint density at radius 2 is 2.09 bits per heavy atom. The third-order valence-electron chi connectivity index (χ3n) is 2.93. The summed E-state index contributed by atoms with van der Waals surface area (Å²) < 4.78 is 14.2. The number of carbonyl (C=O) groups is 2. The van der Waals surface area contributed by atoms with Gasteiger partial charge < -0.3 is 10.4 Å². The van der Waals surface area contributed by atoms with E-state index in [1.165, 1.54) is 24.5 Å². The molecule has 0 saturated carbocycles. The Balaban J connectivity index is 1.99. The summed E-state index contributed by atoms with van der Waals surface area (Å²) in [5.41, 5.74) is 0.877. The molecular weight excluding hydrogens is 355 g/mol. The third-order valence-corrected chi connectivity index (χ3v) is 3.67. The molecule has 22 heavy (non-hydrogen) atoms. The van der Waals surface area contributed by atoms with Gasteiger partial charge in [-0.2, -0.15) is 0 Å². The number of benzene rings is 1. The Kier molecular flexibility index (Phi) is 5.21. The van der Waals surface area contributed by atoms with Crippen molar-refractivity contribution in [3.63, 3.8) is 0 Å². The second kappa shape index (κ2) is 7.13. The van der Waals surface area contributed by atoms with Crippen LogP contribution in [0.3, 0.4) is 0 Å². The number of rotatable bonds is 5. The summed E-state index contributed by atoms with van der Waals surface area (Å²) in [4.78, 5) is 26.5. The molecule has 0 aliphatic carbocycles. The first-order valence-corrected chi connectivity index (χ1v) is 7.13. The van der Waals surface area contributed by atoms with Crippen LogP contribution < -0.4 is 5.32 Å². The summed E-state index contributed by atoms with van der Waals surface area (Å²) in [6.07, 6.45) is 2.58. The van der Waals surface area contributed by atoms with Gasteiger partial charge in [-0.15, -0.1) is 0 Å². The number of nitrogens with zero attached hydrogens (tertiary/aromatic N) is 1. The molecule has 0 saturated heterocycles. The number of hydrogen-bond donors (Lipinski definition) is 2. The van der Waals surface area contributed by atoms with Crippen molar-refractivity contribution in [2.75, 3.05) is 0 Å². The molecule has 0 spiro atoms. The molecule has 1 amide bonds. The minimum atomic E-state index is -1.09. The van der Waals surface area contributed by atoms with E-state index >= 15 is 0 Å². The molecule has 114 valence electrons. The van der Waals surface area contributed by atoms with Crippen molar-refractivity contribution < 1.29 is 19.1 Å². The number of carboxylic acids is 1. The van der Waals surface area contributed by atoms with Crippen LogP contribution >= 0.6 is 15.9 Å². The molecule has 0 aliphatic rings. The zero-order chi connectivity index (χ0) is 16.1. The highest BCUT2D eigenvalue weighted by Gasteiger charge is 2.12. The predicted octanol–water partition coefficient (Wildman–Crippen LogP) is 2.54. The van der Waals surface area contributed by atoms with Gasteiger partial charge in [0.15, 0.2) is 0 Å². The van der Waals surface area contributed by atoms with E-state index in [1.54, 1.807) is 12.1 Å². The third kappa shape index (κ3) is 4.11. The first kappa shape index (κ1) is 16.1. The number of carbonyl (C=O) groups excluding carboxylic acids is 1. The molecule has 1 aromatic heterocycles. The summed E-state index contributed by atoms with van der Waals surface area (Å²) in [6.45, 7) is 0.124. The molecule has 1 heterocycles. The molecule has 2 N–H and O–H groups in total. The normalized spacial score (nSPS) is 10.3. The van der Waals surface area contributed by atoms with Crippen LogP contribution in [0, 0.1) is 5.82 Å². The maximum absolute atomic E-state index is 13.6. The van der Waals surface area contributed by atoms with Gasteiger partial charge in [0.25, 0.3) is 0 Å². The summed E-state index contributed by atoms with van der Waals surface area (Å²) in [7, 11) is 0. The van der Waals surface area contributed by atoms with Gasteiger partial charge in [0.2, 0.25) is 5.91 Å². The molecule has 2 rings (SSSR count). The fraction of sp³-hybridized carbons (Fsp3) is 0.133. The van der Waals surface area contributed by atoms with E-state index in [1.807, 2.05) is 0 Å². The summed E-state index contributed by atoms with van der Waals surface area (Å²) >= 11 is 3.20. The van der Waals surface area contributed by atoms with Crippen LogP contribution in [0.2, 0.25) is 0 Å². The van der Waals surface area contributed by atoms with Crippen LogP contribution in [0.1, 0.15) is 21.5 Å². The number of nitrogens with one attached hydrogen (secondary N) is 1. The highest BCUT2D eigenvalue weighted by atomic mass is 79.9. The molecule has 1 aromatic carbocycles. The lowest BCUT2D eigenvalue weighted by atomic mass is 10.1. The SMILES string of the molecule is O=C(Cc1c(F)cccc1Br)NCc1cncc(C(=O)O)c1. The average Bonchev–Trinajstić information content (AvgIpc) is 2.49. The Bertz CT molecular complexity index is 701. The maximum Gasteiger partial charge on any atom is 0.337 e. The van der Waals surface area contributed by atoms with E-state index in [0.29, 0.717) is 10.0 Å². The van der Waals surface area contributed by atoms with Gasteiger partial charge in [-0.1, -0.05) is 22.0 Å². The van der Waals surface area contributed by atoms with Crippen LogP contribution in [-0.4, -0.2) is 22.0 Å². The predicted molar refractivity (Wildman–Crippen MR) is 80.8 cm³/mol. The van der Waals surface area contributed by atoms with Crippen LogP contribution in [0.4, 0.5) is 4.39 Å². The fourth-order valence-corrected chi connectivity index (χ4v) is 2.31. The first-order valence-electron chi connectivity index (χ1n) is 6.34. The van der Waals surface area contributed by atoms with Gasteiger partial charge >= 0.3 is 5.97 Å². The molecule has 0 aliphatic heterocycles. The van der Waals surface area contributed by atoms with Gasteiger partial charge in [-0.25, -0.2) is 9.18 Å². The molecule has 7 heteroatoms. The zero-order valence-corrected chi connectivity index (χ0v) is 12.9. The number of hydrogen-bond acceptors (Lipinski definition) is 3. The molecule has 5 nitrogen and oxygen atoms in total. The smallest absolute Gasteiger partial charge is 0.337 e. The van der Waals surface area contributed by atoms with Crippen molar-refractivity contribution >= 4 is 27.8 Å². The number of carboxylic acid groups (broad SMARTS) is 1. The molecule has 2 aromatic rings. The lowest BCUT2D eigenvalue weighted by molar-refractivity contribution is -0.120. The number of aromatic nitrogens is 1. The van der Waals surface area contributed by atoms with Crippen LogP contribution in [0.5, 0.6) is 0 Å². The summed E-state index contributed by atoms with van der Waals surface area (Å²) in [5.74, 6) is -1.92. The van der Waals surface area contributed by atoms with Gasteiger partial charge in [0.1, 0.15) is 5.82 Å². The average molecular weight is 367 g/mol. The highest BCUT2D eigenvalue weighted by Crippen LogP contribution is 2.20. The number of pyridine rings is 1. The van der Waals surface area contributed by atoms with E-state index in [2.05, 4.69) is 26.2 Å². The minimum Gasteiger partial charge on any atom is -0.478 e. The van der Waals surface area contributed by atoms with E-state index < -0.39 is 11.8 Å². The van der Waals surface area contributed by atoms with Crippen LogP contribution in [0.25, 0.3) is 0 Å². The summed E-state index contributed by atoms with van der Waals surface area (Å²) in [6, 6.07) is 5.91. The number of halogens is 2. The van der Waals surface area contributed by atoms with E-state index in [-0.39, 0.29) is 30.0 Å². The van der Waals surface area contributed by atoms with Gasteiger partial charge in [0, 0.05) is 29.0 Å². The van der Waals surface area contributed by atoms with Crippen molar-refractivity contribution in [1.29, 1.82) is 0 Å². The lowest BCUT2D eigenvalue weighted by Gasteiger charge is -2.08. The standard InChI is InChI=1S/C15H12BrFN2O3/c16-12-2-1-3-13(17)11(12)5-14(20)19-7-9-4-10(15(21)22)8-18-6-9/h1-4,6,8H,5,7H2,(H,19,20)(H,21,22). The van der Waals surface area contributed by atoms with Crippen molar-refractivity contribution in [2.45, 2.75) is 13.0 Å². The zero-order valence-electron chi connectivity index (χ0n) is 11.3. The quantitative estimate of drug-likeness (QED) is 0.851. The number of aromatic carboxylic acids is 1. The number of amides is 1. The fourth-order valence-electron chi connectivity index (χ4n) is 1.83. The largest absolute Gasteiger partial charge is 0.478 e. The Labute approximate surface area is 134 Å². The monoisotopic (exact) mass is 366 g/mol. The van der Waals surface area contributed by atoms with Crippen LogP contribution in [-0.2, 0) is 17.8 Å².